The molecule has 33 heavy (non-hydrogen) atoms. The molecule has 0 bridgehead atoms. The van der Waals surface area contributed by atoms with E-state index >= 15 is 0 Å². The number of ketones is 1. The Hall–Kier alpha value is -4.08. The second-order valence-corrected chi connectivity index (χ2v) is 8.21. The lowest BCUT2D eigenvalue weighted by Crippen LogP contribution is -2.39. The fourth-order valence-electron chi connectivity index (χ4n) is 4.70. The standard InChI is InChI=1S/C23H21N3O7/c1-11-7-15-20(22(27)19(11)23(28)31-2)21(25-14-6-4-3-5-13(14)24-15)12-8-17-18(33-10-32-17)9-16(12)26(29)30/h3-6,8-9,11,19,21,24-25H,7,10H2,1-2H3/t11-,19+,21+/m1/s1. The number of allylic oxidation sites excluding steroid dienone is 1. The summed E-state index contributed by atoms with van der Waals surface area (Å²) in [6.07, 6.45) is 0.395. The highest BCUT2D eigenvalue weighted by atomic mass is 16.7. The summed E-state index contributed by atoms with van der Waals surface area (Å²) in [6, 6.07) is 9.27. The minimum Gasteiger partial charge on any atom is -0.468 e. The fourth-order valence-corrected chi connectivity index (χ4v) is 4.70. The number of methoxy groups -OCH3 is 1. The number of nitro benzene ring substituents is 1. The van der Waals surface area contributed by atoms with Gasteiger partial charge in [0.05, 0.1) is 41.1 Å². The van der Waals surface area contributed by atoms with Crippen molar-refractivity contribution in [3.05, 3.63) is 63.3 Å². The van der Waals surface area contributed by atoms with E-state index < -0.39 is 28.6 Å². The molecule has 0 saturated carbocycles. The van der Waals surface area contributed by atoms with Gasteiger partial charge in [-0.05, 0) is 30.5 Å². The molecular weight excluding hydrogens is 430 g/mol. The number of hydrogen-bond donors (Lipinski definition) is 2. The number of nitrogens with one attached hydrogen (secondary N) is 2. The van der Waals surface area contributed by atoms with Crippen LogP contribution in [0.25, 0.3) is 0 Å². The lowest BCUT2D eigenvalue weighted by Gasteiger charge is -2.32. The normalized spacial score (nSPS) is 23.0. The van der Waals surface area contributed by atoms with Crippen LogP contribution in [-0.4, -0.2) is 30.6 Å². The molecule has 0 fully saturated rings. The summed E-state index contributed by atoms with van der Waals surface area (Å²) >= 11 is 0. The molecule has 0 saturated heterocycles. The molecule has 2 N–H and O–H groups in total. The molecule has 1 aliphatic carbocycles. The van der Waals surface area contributed by atoms with Gasteiger partial charge in [0.25, 0.3) is 5.69 Å². The quantitative estimate of drug-likeness (QED) is 0.311. The van der Waals surface area contributed by atoms with Crippen LogP contribution >= 0.6 is 0 Å². The molecular formula is C23H21N3O7. The third-order valence-corrected chi connectivity index (χ3v) is 6.25. The van der Waals surface area contributed by atoms with Gasteiger partial charge in [-0.2, -0.15) is 0 Å². The first-order valence-corrected chi connectivity index (χ1v) is 10.4. The molecule has 0 spiro atoms. The van der Waals surface area contributed by atoms with Crippen LogP contribution in [0.5, 0.6) is 11.5 Å². The number of nitrogens with zero attached hydrogens (tertiary/aromatic N) is 1. The molecule has 3 aliphatic rings. The second-order valence-electron chi connectivity index (χ2n) is 8.21. The number of nitro groups is 1. The third-order valence-electron chi connectivity index (χ3n) is 6.25. The number of carbonyl (C=O) groups is 2. The SMILES string of the molecule is COC(=O)[C@@H]1C(=O)C2=C(C[C@H]1C)Nc1ccccc1N[C@H]2c1cc2c(cc1[N+](=O)[O-])OCO2. The first-order valence-electron chi connectivity index (χ1n) is 10.4. The predicted molar refractivity (Wildman–Crippen MR) is 117 cm³/mol. The van der Waals surface area contributed by atoms with Gasteiger partial charge in [-0.25, -0.2) is 0 Å². The highest BCUT2D eigenvalue weighted by Crippen LogP contribution is 2.48. The monoisotopic (exact) mass is 451 g/mol. The van der Waals surface area contributed by atoms with Crippen molar-refractivity contribution in [2.45, 2.75) is 19.4 Å². The number of carbonyl (C=O) groups excluding carboxylic acids is 2. The summed E-state index contributed by atoms with van der Waals surface area (Å²) in [5.74, 6) is -1.75. The summed E-state index contributed by atoms with van der Waals surface area (Å²) in [5, 5.41) is 18.6. The lowest BCUT2D eigenvalue weighted by atomic mass is 9.74. The molecule has 2 heterocycles. The van der Waals surface area contributed by atoms with Crippen LogP contribution < -0.4 is 20.1 Å². The van der Waals surface area contributed by atoms with Crippen LogP contribution in [-0.2, 0) is 14.3 Å². The number of hydrogen-bond acceptors (Lipinski definition) is 9. The maximum Gasteiger partial charge on any atom is 0.316 e. The van der Waals surface area contributed by atoms with E-state index in [1.165, 1.54) is 19.2 Å². The molecule has 0 radical (unpaired) electrons. The van der Waals surface area contributed by atoms with E-state index in [0.29, 0.717) is 23.6 Å². The number of rotatable bonds is 3. The zero-order chi connectivity index (χ0) is 23.3. The minimum atomic E-state index is -1.01. The van der Waals surface area contributed by atoms with Crippen molar-refractivity contribution in [1.29, 1.82) is 0 Å². The van der Waals surface area contributed by atoms with Gasteiger partial charge in [-0.15, -0.1) is 0 Å². The van der Waals surface area contributed by atoms with Gasteiger partial charge in [0.1, 0.15) is 5.92 Å². The number of ether oxygens (including phenoxy) is 3. The van der Waals surface area contributed by atoms with E-state index in [4.69, 9.17) is 14.2 Å². The van der Waals surface area contributed by atoms with Crippen molar-refractivity contribution in [3.8, 4) is 11.5 Å². The molecule has 0 unspecified atom stereocenters. The first-order chi connectivity index (χ1) is 15.9. The Balaban J connectivity index is 1.73. The van der Waals surface area contributed by atoms with Crippen LogP contribution in [0, 0.1) is 22.0 Å². The smallest absolute Gasteiger partial charge is 0.316 e. The van der Waals surface area contributed by atoms with Gasteiger partial charge < -0.3 is 24.8 Å². The average molecular weight is 451 g/mol. The Kier molecular flexibility index (Phi) is 4.92. The molecule has 3 atom stereocenters. The van der Waals surface area contributed by atoms with Gasteiger partial charge in [-0.1, -0.05) is 19.1 Å². The zero-order valence-corrected chi connectivity index (χ0v) is 17.9. The second kappa shape index (κ2) is 7.80. The summed E-state index contributed by atoms with van der Waals surface area (Å²) in [7, 11) is 1.24. The summed E-state index contributed by atoms with van der Waals surface area (Å²) in [5.41, 5.74) is 2.29. The van der Waals surface area contributed by atoms with E-state index in [1.807, 2.05) is 31.2 Å². The Morgan fingerprint density at radius 2 is 1.88 bits per heavy atom. The van der Waals surface area contributed by atoms with Crippen molar-refractivity contribution in [1.82, 2.24) is 0 Å². The van der Waals surface area contributed by atoms with E-state index in [2.05, 4.69) is 10.6 Å². The number of esters is 1. The maximum atomic E-state index is 13.7. The van der Waals surface area contributed by atoms with E-state index in [-0.39, 0.29) is 35.3 Å². The first kappa shape index (κ1) is 20.8. The van der Waals surface area contributed by atoms with Crippen LogP contribution in [0.1, 0.15) is 24.9 Å². The highest BCUT2D eigenvalue weighted by molar-refractivity contribution is 6.11. The molecule has 5 rings (SSSR count). The van der Waals surface area contributed by atoms with Crippen molar-refractivity contribution >= 4 is 28.8 Å². The number of benzene rings is 2. The molecule has 170 valence electrons. The summed E-state index contributed by atoms with van der Waals surface area (Å²) < 4.78 is 15.7. The minimum absolute atomic E-state index is 0.0484. The molecule has 10 heteroatoms. The van der Waals surface area contributed by atoms with Crippen LogP contribution in [0.4, 0.5) is 17.1 Å². The molecule has 2 aromatic rings. The van der Waals surface area contributed by atoms with E-state index in [1.54, 1.807) is 0 Å². The van der Waals surface area contributed by atoms with Gasteiger partial charge in [0.15, 0.2) is 17.3 Å². The predicted octanol–water partition coefficient (Wildman–Crippen LogP) is 3.55. The van der Waals surface area contributed by atoms with E-state index in [0.717, 1.165) is 5.69 Å². The Morgan fingerprint density at radius 3 is 2.58 bits per heavy atom. The molecule has 10 nitrogen and oxygen atoms in total. The Labute approximate surface area is 188 Å². The van der Waals surface area contributed by atoms with Gasteiger partial charge in [-0.3, -0.25) is 19.7 Å². The highest BCUT2D eigenvalue weighted by Gasteiger charge is 2.45. The molecule has 0 aromatic heterocycles. The lowest BCUT2D eigenvalue weighted by molar-refractivity contribution is -0.385. The van der Waals surface area contributed by atoms with Crippen LogP contribution in [0.2, 0.25) is 0 Å². The number of fused-ring (bicyclic) bond motifs is 2. The van der Waals surface area contributed by atoms with Gasteiger partial charge >= 0.3 is 5.97 Å². The Bertz CT molecular complexity index is 1220. The largest absolute Gasteiger partial charge is 0.468 e. The average Bonchev–Trinajstić information content (AvgIpc) is 3.18. The van der Waals surface area contributed by atoms with Crippen LogP contribution in [0.15, 0.2) is 47.7 Å². The number of para-hydroxylation sites is 2. The number of anilines is 2. The third kappa shape index (κ3) is 3.34. The molecule has 2 aliphatic heterocycles. The van der Waals surface area contributed by atoms with Gasteiger partial charge in [0.2, 0.25) is 6.79 Å². The van der Waals surface area contributed by atoms with Crippen molar-refractivity contribution in [2.24, 2.45) is 11.8 Å². The maximum absolute atomic E-state index is 13.7. The van der Waals surface area contributed by atoms with Gasteiger partial charge in [0, 0.05) is 11.3 Å². The fraction of sp³-hybridized carbons (Fsp3) is 0.304. The molecule has 2 aromatic carbocycles. The zero-order valence-electron chi connectivity index (χ0n) is 17.9. The van der Waals surface area contributed by atoms with Crippen molar-refractivity contribution in [3.63, 3.8) is 0 Å². The topological polar surface area (TPSA) is 129 Å². The summed E-state index contributed by atoms with van der Waals surface area (Å²) in [4.78, 5) is 37.7. The van der Waals surface area contributed by atoms with Crippen LogP contribution in [0.3, 0.4) is 0 Å². The number of Topliss-reactive ketones (excluding diaryl/α,β-unsaturated/α-hetero) is 1. The van der Waals surface area contributed by atoms with Crippen molar-refractivity contribution in [2.75, 3.05) is 24.5 Å². The summed E-state index contributed by atoms with van der Waals surface area (Å²) in [6.45, 7) is 1.76. The molecule has 0 amide bonds. The van der Waals surface area contributed by atoms with Crippen molar-refractivity contribution < 1.29 is 28.7 Å². The van der Waals surface area contributed by atoms with E-state index in [9.17, 15) is 19.7 Å². The Morgan fingerprint density at radius 1 is 1.18 bits per heavy atom.